The first-order valence-corrected chi connectivity index (χ1v) is 7.89. The van der Waals surface area contributed by atoms with Gasteiger partial charge in [0.25, 0.3) is 0 Å². The van der Waals surface area contributed by atoms with Crippen LogP contribution in [0.4, 0.5) is 0 Å². The van der Waals surface area contributed by atoms with Gasteiger partial charge in [-0.25, -0.2) is 0 Å². The van der Waals surface area contributed by atoms with E-state index in [2.05, 4.69) is 24.4 Å². The smallest absolute Gasteiger partial charge is 0.118 e. The van der Waals surface area contributed by atoms with E-state index < -0.39 is 0 Å². The number of piperidine rings is 1. The second kappa shape index (κ2) is 5.95. The van der Waals surface area contributed by atoms with Crippen molar-refractivity contribution in [1.82, 2.24) is 5.32 Å². The summed E-state index contributed by atoms with van der Waals surface area (Å²) in [6.45, 7) is 5.03. The Bertz CT molecular complexity index is 468. The SMILES string of the molecule is COc1ccc([C@@H](C)C2OCC(N)C23CCNCC3)cc1. The summed E-state index contributed by atoms with van der Waals surface area (Å²) in [5, 5.41) is 3.44. The van der Waals surface area contributed by atoms with Crippen LogP contribution in [0.25, 0.3) is 0 Å². The van der Waals surface area contributed by atoms with Gasteiger partial charge in [-0.15, -0.1) is 0 Å². The van der Waals surface area contributed by atoms with Gasteiger partial charge in [-0.05, 0) is 43.6 Å². The average Bonchev–Trinajstić information content (AvgIpc) is 2.84. The fraction of sp³-hybridized carbons (Fsp3) is 0.647. The third kappa shape index (κ3) is 2.56. The number of nitrogens with two attached hydrogens (primary N) is 1. The molecule has 2 heterocycles. The van der Waals surface area contributed by atoms with Crippen LogP contribution in [-0.4, -0.2) is 39.0 Å². The van der Waals surface area contributed by atoms with Crippen LogP contribution in [0.3, 0.4) is 0 Å². The van der Waals surface area contributed by atoms with E-state index in [1.807, 2.05) is 12.1 Å². The predicted octanol–water partition coefficient (Wildman–Crippen LogP) is 1.89. The van der Waals surface area contributed by atoms with Gasteiger partial charge in [0.1, 0.15) is 5.75 Å². The molecule has 0 radical (unpaired) electrons. The first-order valence-electron chi connectivity index (χ1n) is 7.89. The Morgan fingerprint density at radius 2 is 1.95 bits per heavy atom. The summed E-state index contributed by atoms with van der Waals surface area (Å²) in [6.07, 6.45) is 2.43. The highest BCUT2D eigenvalue weighted by atomic mass is 16.5. The lowest BCUT2D eigenvalue weighted by atomic mass is 9.66. The van der Waals surface area contributed by atoms with Gasteiger partial charge in [-0.2, -0.15) is 0 Å². The molecular formula is C17H26N2O2. The van der Waals surface area contributed by atoms with E-state index in [-0.39, 0.29) is 17.6 Å². The minimum absolute atomic E-state index is 0.130. The van der Waals surface area contributed by atoms with Crippen molar-refractivity contribution in [3.63, 3.8) is 0 Å². The van der Waals surface area contributed by atoms with Crippen LogP contribution in [0.2, 0.25) is 0 Å². The molecule has 21 heavy (non-hydrogen) atoms. The molecule has 1 aromatic carbocycles. The van der Waals surface area contributed by atoms with Crippen molar-refractivity contribution in [2.24, 2.45) is 11.1 Å². The molecular weight excluding hydrogens is 264 g/mol. The van der Waals surface area contributed by atoms with E-state index >= 15 is 0 Å². The largest absolute Gasteiger partial charge is 0.497 e. The zero-order valence-electron chi connectivity index (χ0n) is 13.0. The van der Waals surface area contributed by atoms with Crippen molar-refractivity contribution in [1.29, 1.82) is 0 Å². The van der Waals surface area contributed by atoms with Gasteiger partial charge in [0.2, 0.25) is 0 Å². The van der Waals surface area contributed by atoms with Crippen molar-refractivity contribution in [2.75, 3.05) is 26.8 Å². The molecule has 0 saturated carbocycles. The Balaban J connectivity index is 1.83. The summed E-state index contributed by atoms with van der Waals surface area (Å²) >= 11 is 0. The van der Waals surface area contributed by atoms with Crippen molar-refractivity contribution in [2.45, 2.75) is 37.8 Å². The third-order valence-electron chi connectivity index (χ3n) is 5.39. The van der Waals surface area contributed by atoms with Crippen molar-refractivity contribution < 1.29 is 9.47 Å². The summed E-state index contributed by atoms with van der Waals surface area (Å²) < 4.78 is 11.4. The zero-order valence-corrected chi connectivity index (χ0v) is 13.0. The maximum Gasteiger partial charge on any atom is 0.118 e. The maximum atomic E-state index is 6.42. The molecule has 0 amide bonds. The molecule has 0 aromatic heterocycles. The fourth-order valence-electron chi connectivity index (χ4n) is 4.02. The monoisotopic (exact) mass is 290 g/mol. The molecule has 1 aromatic rings. The van der Waals surface area contributed by atoms with Crippen LogP contribution in [0.1, 0.15) is 31.2 Å². The molecule has 4 heteroatoms. The summed E-state index contributed by atoms with van der Waals surface area (Å²) in [4.78, 5) is 0. The van der Waals surface area contributed by atoms with E-state index in [1.54, 1.807) is 7.11 Å². The van der Waals surface area contributed by atoms with E-state index in [9.17, 15) is 0 Å². The lowest BCUT2D eigenvalue weighted by Crippen LogP contribution is -2.52. The number of benzene rings is 1. The number of rotatable bonds is 3. The Morgan fingerprint density at radius 1 is 1.29 bits per heavy atom. The Morgan fingerprint density at radius 3 is 2.57 bits per heavy atom. The molecule has 3 atom stereocenters. The second-order valence-corrected chi connectivity index (χ2v) is 6.41. The van der Waals surface area contributed by atoms with Crippen molar-refractivity contribution in [3.8, 4) is 5.75 Å². The Labute approximate surface area is 127 Å². The summed E-state index contributed by atoms with van der Waals surface area (Å²) in [6, 6.07) is 8.49. The fourth-order valence-corrected chi connectivity index (χ4v) is 4.02. The van der Waals surface area contributed by atoms with Gasteiger partial charge in [0.05, 0.1) is 19.8 Å². The lowest BCUT2D eigenvalue weighted by Gasteiger charge is -2.43. The van der Waals surface area contributed by atoms with Crippen LogP contribution < -0.4 is 15.8 Å². The summed E-state index contributed by atoms with van der Waals surface area (Å²) in [5.74, 6) is 1.24. The molecule has 2 fully saturated rings. The summed E-state index contributed by atoms with van der Waals surface area (Å²) in [5.41, 5.74) is 7.85. The number of hydrogen-bond donors (Lipinski definition) is 2. The van der Waals surface area contributed by atoms with E-state index in [4.69, 9.17) is 15.2 Å². The highest BCUT2D eigenvalue weighted by molar-refractivity contribution is 5.30. The van der Waals surface area contributed by atoms with Gasteiger partial charge < -0.3 is 20.5 Å². The second-order valence-electron chi connectivity index (χ2n) is 6.41. The molecule has 3 rings (SSSR count). The topological polar surface area (TPSA) is 56.5 Å². The number of hydrogen-bond acceptors (Lipinski definition) is 4. The van der Waals surface area contributed by atoms with Crippen molar-refractivity contribution >= 4 is 0 Å². The standard InChI is InChI=1S/C17H26N2O2/c1-12(13-3-5-14(20-2)6-4-13)16-17(15(18)11-21-16)7-9-19-10-8-17/h3-6,12,15-16,19H,7-11,18H2,1-2H3/t12-,15?,16?/m1/s1. The molecule has 0 bridgehead atoms. The molecule has 4 nitrogen and oxygen atoms in total. The van der Waals surface area contributed by atoms with Gasteiger partial charge in [0.15, 0.2) is 0 Å². The van der Waals surface area contributed by atoms with Gasteiger partial charge in [-0.3, -0.25) is 0 Å². The maximum absolute atomic E-state index is 6.42. The molecule has 3 N–H and O–H groups in total. The van der Waals surface area contributed by atoms with Crippen LogP contribution in [0.5, 0.6) is 5.75 Å². The van der Waals surface area contributed by atoms with Crippen LogP contribution >= 0.6 is 0 Å². The van der Waals surface area contributed by atoms with Gasteiger partial charge in [-0.1, -0.05) is 19.1 Å². The van der Waals surface area contributed by atoms with E-state index in [0.717, 1.165) is 31.7 Å². The third-order valence-corrected chi connectivity index (χ3v) is 5.39. The lowest BCUT2D eigenvalue weighted by molar-refractivity contribution is 0.0137. The van der Waals surface area contributed by atoms with Crippen LogP contribution in [0, 0.1) is 5.41 Å². The quantitative estimate of drug-likeness (QED) is 0.892. The molecule has 116 valence electrons. The summed E-state index contributed by atoms with van der Waals surface area (Å²) in [7, 11) is 1.70. The van der Waals surface area contributed by atoms with E-state index in [0.29, 0.717) is 12.5 Å². The molecule has 0 aliphatic carbocycles. The van der Waals surface area contributed by atoms with Crippen molar-refractivity contribution in [3.05, 3.63) is 29.8 Å². The molecule has 2 aliphatic heterocycles. The normalized spacial score (nSPS) is 29.5. The average molecular weight is 290 g/mol. The highest BCUT2D eigenvalue weighted by Gasteiger charge is 2.52. The molecule has 1 spiro atoms. The first kappa shape index (κ1) is 14.8. The molecule has 2 unspecified atom stereocenters. The van der Waals surface area contributed by atoms with Gasteiger partial charge in [0, 0.05) is 17.4 Å². The zero-order chi connectivity index (χ0) is 14.9. The molecule has 2 aliphatic rings. The molecule has 2 saturated heterocycles. The van der Waals surface area contributed by atoms with Crippen LogP contribution in [0.15, 0.2) is 24.3 Å². The van der Waals surface area contributed by atoms with E-state index in [1.165, 1.54) is 5.56 Å². The van der Waals surface area contributed by atoms with Crippen LogP contribution in [-0.2, 0) is 4.74 Å². The Kier molecular flexibility index (Phi) is 4.20. The predicted molar refractivity (Wildman–Crippen MR) is 83.7 cm³/mol. The minimum atomic E-state index is 0.130. The Hall–Kier alpha value is -1.10. The minimum Gasteiger partial charge on any atom is -0.497 e. The number of nitrogens with one attached hydrogen (secondary N) is 1. The van der Waals surface area contributed by atoms with Gasteiger partial charge >= 0.3 is 0 Å². The number of methoxy groups -OCH3 is 1. The number of ether oxygens (including phenoxy) is 2. The first-order chi connectivity index (χ1) is 10.2. The highest BCUT2D eigenvalue weighted by Crippen LogP contribution is 2.47.